The first-order valence-corrected chi connectivity index (χ1v) is 7.24. The van der Waals surface area contributed by atoms with Gasteiger partial charge in [-0.05, 0) is 25.7 Å². The van der Waals surface area contributed by atoms with Gasteiger partial charge in [0.15, 0.2) is 5.85 Å². The number of carbonyl (C=O) groups is 2. The third-order valence-electron chi connectivity index (χ3n) is 4.44. The van der Waals surface area contributed by atoms with Crippen LogP contribution in [0.2, 0.25) is 0 Å². The van der Waals surface area contributed by atoms with E-state index in [0.29, 0.717) is 38.8 Å². The smallest absolute Gasteiger partial charge is 0.321 e. The summed E-state index contributed by atoms with van der Waals surface area (Å²) in [6, 6.07) is -1.70. The van der Waals surface area contributed by atoms with Crippen molar-refractivity contribution in [3.63, 3.8) is 0 Å². The second-order valence-corrected chi connectivity index (χ2v) is 5.63. The molecule has 21 heavy (non-hydrogen) atoms. The van der Waals surface area contributed by atoms with Crippen LogP contribution in [0.25, 0.3) is 0 Å². The molecule has 0 saturated carbocycles. The fourth-order valence-electron chi connectivity index (χ4n) is 3.51. The van der Waals surface area contributed by atoms with Crippen LogP contribution in [-0.4, -0.2) is 79.8 Å². The first kappa shape index (κ1) is 16.2. The molecular weight excluding hydrogens is 280 g/mol. The second kappa shape index (κ2) is 6.27. The molecule has 2 aliphatic heterocycles. The Labute approximate surface area is 122 Å². The zero-order valence-corrected chi connectivity index (χ0v) is 11.8. The number of hydrogen-bond acceptors (Lipinski definition) is 6. The van der Waals surface area contributed by atoms with Crippen LogP contribution in [-0.2, 0) is 9.59 Å². The molecule has 2 rings (SSSR count). The van der Waals surface area contributed by atoms with Crippen molar-refractivity contribution in [1.29, 1.82) is 0 Å². The Balaban J connectivity index is 2.31. The minimum atomic E-state index is -1.73. The third-order valence-corrected chi connectivity index (χ3v) is 4.44. The summed E-state index contributed by atoms with van der Waals surface area (Å²) in [5.41, 5.74) is 0. The molecule has 8 nitrogen and oxygen atoms in total. The van der Waals surface area contributed by atoms with Crippen molar-refractivity contribution < 1.29 is 30.0 Å². The Bertz CT molecular complexity index is 383. The van der Waals surface area contributed by atoms with Crippen LogP contribution in [0.5, 0.6) is 0 Å². The summed E-state index contributed by atoms with van der Waals surface area (Å²) in [4.78, 5) is 25.5. The van der Waals surface area contributed by atoms with Gasteiger partial charge in [-0.1, -0.05) is 0 Å². The number of carboxylic acids is 2. The highest BCUT2D eigenvalue weighted by molar-refractivity contribution is 5.75. The molecule has 8 heteroatoms. The van der Waals surface area contributed by atoms with Crippen LogP contribution in [0.1, 0.15) is 32.1 Å². The molecule has 0 aromatic rings. The van der Waals surface area contributed by atoms with Gasteiger partial charge in [0.2, 0.25) is 0 Å². The number of hydrogen-bond donors (Lipinski definition) is 4. The molecule has 2 fully saturated rings. The van der Waals surface area contributed by atoms with E-state index in [-0.39, 0.29) is 13.0 Å². The molecule has 2 atom stereocenters. The Morgan fingerprint density at radius 1 is 1.00 bits per heavy atom. The summed E-state index contributed by atoms with van der Waals surface area (Å²) in [5, 5.41) is 38.8. The van der Waals surface area contributed by atoms with Crippen LogP contribution in [0.3, 0.4) is 0 Å². The Kier molecular flexibility index (Phi) is 4.82. The Hall–Kier alpha value is -1.22. The van der Waals surface area contributed by atoms with Crippen molar-refractivity contribution in [3.8, 4) is 0 Å². The highest BCUT2D eigenvalue weighted by Gasteiger charge is 2.52. The van der Waals surface area contributed by atoms with Gasteiger partial charge in [-0.3, -0.25) is 9.59 Å². The maximum absolute atomic E-state index is 11.3. The Morgan fingerprint density at radius 2 is 1.43 bits per heavy atom. The number of rotatable bonds is 6. The van der Waals surface area contributed by atoms with E-state index in [1.807, 2.05) is 0 Å². The van der Waals surface area contributed by atoms with E-state index in [0.717, 1.165) is 0 Å². The van der Waals surface area contributed by atoms with Crippen molar-refractivity contribution in [2.24, 2.45) is 0 Å². The molecule has 0 aromatic carbocycles. The highest BCUT2D eigenvalue weighted by atomic mass is 16.4. The van der Waals surface area contributed by atoms with Gasteiger partial charge in [0.05, 0.1) is 0 Å². The number of aliphatic hydroxyl groups excluding tert-OH is 1. The van der Waals surface area contributed by atoms with E-state index in [2.05, 4.69) is 0 Å². The molecule has 0 aromatic heterocycles. The minimum absolute atomic E-state index is 0.0967. The lowest BCUT2D eigenvalue weighted by molar-refractivity contribution is -0.237. The average Bonchev–Trinajstić information content (AvgIpc) is 3.08. The van der Waals surface area contributed by atoms with E-state index in [9.17, 15) is 30.0 Å². The largest absolute Gasteiger partial charge is 0.480 e. The van der Waals surface area contributed by atoms with Gasteiger partial charge >= 0.3 is 11.9 Å². The van der Waals surface area contributed by atoms with Gasteiger partial charge in [0, 0.05) is 26.1 Å². The highest BCUT2D eigenvalue weighted by Crippen LogP contribution is 2.35. The Morgan fingerprint density at radius 3 is 1.76 bits per heavy atom. The SMILES string of the molecule is O=C(O)[C@@H]1CCCN1C(O)(CCO)N1CCC[C@H]1C(=O)O. The van der Waals surface area contributed by atoms with Crippen LogP contribution in [0, 0.1) is 0 Å². The summed E-state index contributed by atoms with van der Waals surface area (Å²) < 4.78 is 0. The fourth-order valence-corrected chi connectivity index (χ4v) is 3.51. The lowest BCUT2D eigenvalue weighted by Crippen LogP contribution is -2.65. The fraction of sp³-hybridized carbons (Fsp3) is 0.846. The molecule has 2 saturated heterocycles. The number of aliphatic carboxylic acids is 2. The maximum Gasteiger partial charge on any atom is 0.321 e. The van der Waals surface area contributed by atoms with Gasteiger partial charge in [0.1, 0.15) is 12.1 Å². The number of nitrogens with zero attached hydrogens (tertiary/aromatic N) is 2. The zero-order valence-electron chi connectivity index (χ0n) is 11.8. The van der Waals surface area contributed by atoms with Crippen molar-refractivity contribution >= 4 is 11.9 Å². The lowest BCUT2D eigenvalue weighted by atomic mass is 10.1. The standard InChI is InChI=1S/C13H22N2O6/c16-8-5-13(21,14-6-1-3-9(14)11(17)18)15-7-2-4-10(15)12(19)20/h9-10,16,21H,1-8H2,(H,17,18)(H,19,20)/t9-,10-/m0/s1. The third kappa shape index (κ3) is 2.89. The predicted octanol–water partition coefficient (Wildman–Crippen LogP) is -0.887. The molecule has 0 aliphatic carbocycles. The lowest BCUT2D eigenvalue weighted by Gasteiger charge is -2.46. The minimum Gasteiger partial charge on any atom is -0.480 e. The molecule has 120 valence electrons. The predicted molar refractivity (Wildman–Crippen MR) is 71.4 cm³/mol. The van der Waals surface area contributed by atoms with E-state index < -0.39 is 29.9 Å². The summed E-state index contributed by atoms with van der Waals surface area (Å²) in [6.07, 6.45) is 1.97. The normalized spacial score (nSPS) is 28.1. The summed E-state index contributed by atoms with van der Waals surface area (Å²) in [7, 11) is 0. The molecule has 0 bridgehead atoms. The number of likely N-dealkylation sites (tertiary alicyclic amines) is 2. The topological polar surface area (TPSA) is 122 Å². The van der Waals surface area contributed by atoms with Crippen LogP contribution < -0.4 is 0 Å². The van der Waals surface area contributed by atoms with Gasteiger partial charge in [-0.25, -0.2) is 9.80 Å². The molecular formula is C13H22N2O6. The van der Waals surface area contributed by atoms with Gasteiger partial charge < -0.3 is 20.4 Å². The van der Waals surface area contributed by atoms with Crippen LogP contribution in [0.15, 0.2) is 0 Å². The van der Waals surface area contributed by atoms with Crippen molar-refractivity contribution in [2.75, 3.05) is 19.7 Å². The first-order chi connectivity index (χ1) is 9.91. The average molecular weight is 302 g/mol. The molecule has 0 spiro atoms. The second-order valence-electron chi connectivity index (χ2n) is 5.63. The molecule has 2 aliphatic rings. The molecule has 0 amide bonds. The van der Waals surface area contributed by atoms with Crippen molar-refractivity contribution in [2.45, 2.75) is 50.0 Å². The number of carboxylic acid groups (broad SMARTS) is 2. The molecule has 0 unspecified atom stereocenters. The zero-order chi connectivity index (χ0) is 15.6. The van der Waals surface area contributed by atoms with E-state index >= 15 is 0 Å². The first-order valence-electron chi connectivity index (χ1n) is 7.24. The van der Waals surface area contributed by atoms with E-state index in [4.69, 9.17) is 0 Å². The van der Waals surface area contributed by atoms with Crippen LogP contribution >= 0.6 is 0 Å². The maximum atomic E-state index is 11.3. The number of aliphatic hydroxyl groups is 2. The summed E-state index contributed by atoms with van der Waals surface area (Å²) in [6.45, 7) is 0.398. The van der Waals surface area contributed by atoms with Crippen molar-refractivity contribution in [3.05, 3.63) is 0 Å². The van der Waals surface area contributed by atoms with Gasteiger partial charge in [-0.15, -0.1) is 0 Å². The van der Waals surface area contributed by atoms with E-state index in [1.54, 1.807) is 0 Å². The quantitative estimate of drug-likeness (QED) is 0.499. The van der Waals surface area contributed by atoms with Crippen molar-refractivity contribution in [1.82, 2.24) is 9.80 Å². The monoisotopic (exact) mass is 302 g/mol. The van der Waals surface area contributed by atoms with Gasteiger partial charge in [-0.2, -0.15) is 0 Å². The van der Waals surface area contributed by atoms with Gasteiger partial charge in [0.25, 0.3) is 0 Å². The summed E-state index contributed by atoms with van der Waals surface area (Å²) in [5.74, 6) is -3.79. The van der Waals surface area contributed by atoms with Crippen LogP contribution in [0.4, 0.5) is 0 Å². The van der Waals surface area contributed by atoms with E-state index in [1.165, 1.54) is 9.80 Å². The molecule has 4 N–H and O–H groups in total. The summed E-state index contributed by atoms with van der Waals surface area (Å²) >= 11 is 0. The molecule has 2 heterocycles. The molecule has 0 radical (unpaired) electrons.